The number of esters is 1. The minimum atomic E-state index is -0.260. The highest BCUT2D eigenvalue weighted by Crippen LogP contribution is 2.34. The van der Waals surface area contributed by atoms with Crippen molar-refractivity contribution in [2.75, 3.05) is 24.7 Å². The number of anilines is 1. The van der Waals surface area contributed by atoms with Gasteiger partial charge in [0.2, 0.25) is 5.91 Å². The fourth-order valence-electron chi connectivity index (χ4n) is 2.09. The molecule has 0 aromatic heterocycles. The Bertz CT molecular complexity index is 519. The van der Waals surface area contributed by atoms with Gasteiger partial charge >= 0.3 is 5.97 Å². The van der Waals surface area contributed by atoms with E-state index in [1.54, 1.807) is 11.8 Å². The van der Waals surface area contributed by atoms with Gasteiger partial charge in [-0.3, -0.25) is 9.59 Å². The highest BCUT2D eigenvalue weighted by atomic mass is 32.2. The molecule has 1 heterocycles. The van der Waals surface area contributed by atoms with Gasteiger partial charge in [0, 0.05) is 21.9 Å². The second-order valence-electron chi connectivity index (χ2n) is 4.40. The van der Waals surface area contributed by atoms with Crippen LogP contribution in [0.4, 0.5) is 5.69 Å². The van der Waals surface area contributed by atoms with E-state index in [1.807, 2.05) is 25.1 Å². The molecule has 20 heavy (non-hydrogen) atoms. The molecule has 6 heteroatoms. The van der Waals surface area contributed by atoms with Gasteiger partial charge in [0.05, 0.1) is 13.5 Å². The van der Waals surface area contributed by atoms with E-state index >= 15 is 0 Å². The topological polar surface area (TPSA) is 67.4 Å². The molecule has 1 atom stereocenters. The average molecular weight is 294 g/mol. The van der Waals surface area contributed by atoms with Crippen molar-refractivity contribution in [1.82, 2.24) is 5.32 Å². The van der Waals surface area contributed by atoms with Gasteiger partial charge in [0.15, 0.2) is 0 Å². The van der Waals surface area contributed by atoms with E-state index in [0.29, 0.717) is 12.2 Å². The molecule has 0 fully saturated rings. The summed E-state index contributed by atoms with van der Waals surface area (Å²) >= 11 is 1.57. The molecule has 5 nitrogen and oxygen atoms in total. The number of amides is 1. The van der Waals surface area contributed by atoms with E-state index in [9.17, 15) is 9.59 Å². The number of fused-ring (bicyclic) bond motifs is 1. The summed E-state index contributed by atoms with van der Waals surface area (Å²) in [4.78, 5) is 23.9. The quantitative estimate of drug-likeness (QED) is 0.620. The zero-order valence-electron chi connectivity index (χ0n) is 11.6. The SMILES string of the molecule is CCNC1C(=O)Nc2cc(SCCC(=O)OC)ccc21. The molecule has 0 aliphatic carbocycles. The number of thioether (sulfide) groups is 1. The Hall–Kier alpha value is -1.53. The molecular weight excluding hydrogens is 276 g/mol. The summed E-state index contributed by atoms with van der Waals surface area (Å²) in [6, 6.07) is 5.63. The number of hydrogen-bond donors (Lipinski definition) is 2. The fraction of sp³-hybridized carbons (Fsp3) is 0.429. The molecule has 1 amide bonds. The van der Waals surface area contributed by atoms with E-state index in [-0.39, 0.29) is 17.9 Å². The molecule has 1 unspecified atom stereocenters. The molecule has 108 valence electrons. The van der Waals surface area contributed by atoms with Crippen molar-refractivity contribution in [2.24, 2.45) is 0 Å². The zero-order chi connectivity index (χ0) is 14.5. The maximum absolute atomic E-state index is 11.8. The first-order chi connectivity index (χ1) is 9.65. The minimum Gasteiger partial charge on any atom is -0.469 e. The van der Waals surface area contributed by atoms with Gasteiger partial charge in [0.25, 0.3) is 0 Å². The van der Waals surface area contributed by atoms with Crippen LogP contribution in [0.3, 0.4) is 0 Å². The van der Waals surface area contributed by atoms with Crippen molar-refractivity contribution >= 4 is 29.3 Å². The molecule has 1 aliphatic rings. The van der Waals surface area contributed by atoms with Gasteiger partial charge < -0.3 is 15.4 Å². The van der Waals surface area contributed by atoms with Crippen molar-refractivity contribution in [3.05, 3.63) is 23.8 Å². The minimum absolute atomic E-state index is 0.0152. The Morgan fingerprint density at radius 1 is 1.50 bits per heavy atom. The molecule has 0 saturated carbocycles. The van der Waals surface area contributed by atoms with Crippen LogP contribution in [0.1, 0.15) is 24.9 Å². The lowest BCUT2D eigenvalue weighted by molar-refractivity contribution is -0.140. The molecule has 0 radical (unpaired) electrons. The third kappa shape index (κ3) is 3.32. The second kappa shape index (κ2) is 6.76. The number of ether oxygens (including phenoxy) is 1. The molecule has 2 N–H and O–H groups in total. The van der Waals surface area contributed by atoms with E-state index in [4.69, 9.17) is 0 Å². The Morgan fingerprint density at radius 3 is 3.00 bits per heavy atom. The lowest BCUT2D eigenvalue weighted by atomic mass is 10.1. The Balaban J connectivity index is 2.01. The van der Waals surface area contributed by atoms with E-state index in [2.05, 4.69) is 15.4 Å². The van der Waals surface area contributed by atoms with Crippen LogP contribution in [0.15, 0.2) is 23.1 Å². The molecule has 1 aliphatic heterocycles. The van der Waals surface area contributed by atoms with Gasteiger partial charge in [-0.15, -0.1) is 11.8 Å². The van der Waals surface area contributed by atoms with Crippen LogP contribution in [0.5, 0.6) is 0 Å². The fourth-order valence-corrected chi connectivity index (χ4v) is 2.96. The third-order valence-electron chi connectivity index (χ3n) is 3.07. The number of carbonyl (C=O) groups excluding carboxylic acids is 2. The lowest BCUT2D eigenvalue weighted by Crippen LogP contribution is -2.27. The van der Waals surface area contributed by atoms with Crippen LogP contribution in [-0.2, 0) is 14.3 Å². The number of likely N-dealkylation sites (N-methyl/N-ethyl adjacent to an activating group) is 1. The van der Waals surface area contributed by atoms with Gasteiger partial charge in [-0.25, -0.2) is 0 Å². The van der Waals surface area contributed by atoms with Crippen LogP contribution in [-0.4, -0.2) is 31.3 Å². The van der Waals surface area contributed by atoms with Crippen LogP contribution in [0, 0.1) is 0 Å². The van der Waals surface area contributed by atoms with Gasteiger partial charge in [0.1, 0.15) is 6.04 Å². The maximum Gasteiger partial charge on any atom is 0.306 e. The van der Waals surface area contributed by atoms with Crippen molar-refractivity contribution in [1.29, 1.82) is 0 Å². The van der Waals surface area contributed by atoms with Gasteiger partial charge in [-0.05, 0) is 18.7 Å². The molecule has 1 aromatic rings. The third-order valence-corrected chi connectivity index (χ3v) is 4.06. The zero-order valence-corrected chi connectivity index (χ0v) is 12.4. The summed E-state index contributed by atoms with van der Waals surface area (Å²) in [6.07, 6.45) is 0.380. The largest absolute Gasteiger partial charge is 0.469 e. The number of hydrogen-bond acceptors (Lipinski definition) is 5. The summed E-state index contributed by atoms with van der Waals surface area (Å²) in [5.41, 5.74) is 1.83. The first kappa shape index (κ1) is 14.9. The van der Waals surface area contributed by atoms with Crippen molar-refractivity contribution < 1.29 is 14.3 Å². The first-order valence-electron chi connectivity index (χ1n) is 6.53. The first-order valence-corrected chi connectivity index (χ1v) is 7.52. The summed E-state index contributed by atoms with van der Waals surface area (Å²) in [6.45, 7) is 2.72. The number of benzene rings is 1. The summed E-state index contributed by atoms with van der Waals surface area (Å²) in [5.74, 6) is 0.438. The monoisotopic (exact) mass is 294 g/mol. The second-order valence-corrected chi connectivity index (χ2v) is 5.57. The number of methoxy groups -OCH3 is 1. The molecule has 0 saturated heterocycles. The van der Waals surface area contributed by atoms with E-state index in [1.165, 1.54) is 7.11 Å². The summed E-state index contributed by atoms with van der Waals surface area (Å²) < 4.78 is 4.60. The number of carbonyl (C=O) groups is 2. The smallest absolute Gasteiger partial charge is 0.306 e. The molecule has 0 spiro atoms. The Labute approximate surface area is 122 Å². The highest BCUT2D eigenvalue weighted by molar-refractivity contribution is 7.99. The van der Waals surface area contributed by atoms with Gasteiger partial charge in [-0.1, -0.05) is 13.0 Å². The lowest BCUT2D eigenvalue weighted by Gasteiger charge is -2.09. The molecule has 1 aromatic carbocycles. The van der Waals surface area contributed by atoms with Crippen molar-refractivity contribution in [2.45, 2.75) is 24.3 Å². The maximum atomic E-state index is 11.8. The summed E-state index contributed by atoms with van der Waals surface area (Å²) in [5, 5.41) is 6.03. The average Bonchev–Trinajstić information content (AvgIpc) is 2.75. The summed E-state index contributed by atoms with van der Waals surface area (Å²) in [7, 11) is 1.39. The van der Waals surface area contributed by atoms with Gasteiger partial charge in [-0.2, -0.15) is 0 Å². The number of nitrogens with one attached hydrogen (secondary N) is 2. The standard InChI is InChI=1S/C14H18N2O3S/c1-3-15-13-10-5-4-9(8-11(10)16-14(13)18)20-7-6-12(17)19-2/h4-5,8,13,15H,3,6-7H2,1-2H3,(H,16,18). The molecular formula is C14H18N2O3S. The van der Waals surface area contributed by atoms with Crippen LogP contribution < -0.4 is 10.6 Å². The predicted molar refractivity (Wildman–Crippen MR) is 78.8 cm³/mol. The molecule has 0 bridgehead atoms. The normalized spacial score (nSPS) is 16.7. The number of rotatable bonds is 6. The molecule has 2 rings (SSSR count). The Kier molecular flexibility index (Phi) is 5.03. The van der Waals surface area contributed by atoms with Crippen molar-refractivity contribution in [3.8, 4) is 0 Å². The van der Waals surface area contributed by atoms with E-state index in [0.717, 1.165) is 22.7 Å². The van der Waals surface area contributed by atoms with Crippen LogP contribution >= 0.6 is 11.8 Å². The van der Waals surface area contributed by atoms with Crippen LogP contribution in [0.25, 0.3) is 0 Å². The highest BCUT2D eigenvalue weighted by Gasteiger charge is 2.29. The predicted octanol–water partition coefficient (Wildman–Crippen LogP) is 1.94. The van der Waals surface area contributed by atoms with E-state index < -0.39 is 0 Å². The van der Waals surface area contributed by atoms with Crippen molar-refractivity contribution in [3.63, 3.8) is 0 Å². The van der Waals surface area contributed by atoms with Crippen LogP contribution in [0.2, 0.25) is 0 Å². The Morgan fingerprint density at radius 2 is 2.30 bits per heavy atom.